The quantitative estimate of drug-likeness (QED) is 0.0558. The lowest BCUT2D eigenvalue weighted by Crippen LogP contribution is -2.37. The number of hydrogen-bond donors (Lipinski definition) is 4. The third-order valence-corrected chi connectivity index (χ3v) is 9.90. The predicted molar refractivity (Wildman–Crippen MR) is 217 cm³/mol. The lowest BCUT2D eigenvalue weighted by atomic mass is 9.99. The van der Waals surface area contributed by atoms with Crippen molar-refractivity contribution in [1.82, 2.24) is 10.2 Å². The van der Waals surface area contributed by atoms with Gasteiger partial charge in [0, 0.05) is 44.5 Å². The van der Waals surface area contributed by atoms with Gasteiger partial charge in [0.25, 0.3) is 0 Å². The van der Waals surface area contributed by atoms with Gasteiger partial charge in [-0.3, -0.25) is 14.5 Å². The minimum atomic E-state index is -0.534. The van der Waals surface area contributed by atoms with Crippen molar-refractivity contribution < 1.29 is 24.2 Å². The lowest BCUT2D eigenvalue weighted by molar-refractivity contribution is -0.252. The van der Waals surface area contributed by atoms with Crippen LogP contribution in [0.25, 0.3) is 11.1 Å². The molecule has 6 rings (SSSR count). The Bertz CT molecular complexity index is 1970. The molecule has 1 saturated heterocycles. The Labute approximate surface area is 324 Å². The molecule has 5 N–H and O–H groups in total. The number of nitrogen functional groups attached to an aromatic ring is 1. The molecular formula is C46H52N4O5. The van der Waals surface area contributed by atoms with Crippen LogP contribution in [0.15, 0.2) is 127 Å². The fourth-order valence-electron chi connectivity index (χ4n) is 6.89. The highest BCUT2D eigenvalue weighted by atomic mass is 16.7. The molecule has 0 saturated carbocycles. The van der Waals surface area contributed by atoms with Gasteiger partial charge in [0.05, 0.1) is 30.2 Å². The number of carbonyl (C=O) groups excluding carboxylic acids is 2. The molecule has 55 heavy (non-hydrogen) atoms. The van der Waals surface area contributed by atoms with Crippen LogP contribution in [0.2, 0.25) is 0 Å². The van der Waals surface area contributed by atoms with Gasteiger partial charge in [0.2, 0.25) is 11.8 Å². The summed E-state index contributed by atoms with van der Waals surface area (Å²) in [4.78, 5) is 27.1. The first-order valence-electron chi connectivity index (χ1n) is 19.2. The number of unbranched alkanes of at least 4 members (excludes halogenated alkanes) is 2. The van der Waals surface area contributed by atoms with Crippen LogP contribution in [0.3, 0.4) is 0 Å². The standard InChI is InChI=1S/C46H52N4O5/c1-50(30-33-11-4-2-5-12-33)31-40-28-43(37-21-19-34(32-51)20-22-37)55-46(54-40)38-25-23-36(24-26-38)39-14-10-13-35(27-39)29-48-44(52)17-6-3-7-18-45(53)49-42-16-9-8-15-41(42)47/h2,4-5,8-16,19-27,40,43,46,51H,3,6-7,17-18,28-32,47H2,1H3,(H,48,52)(H,49,53)/t40-,43+,46+/m0/s1. The molecule has 1 heterocycles. The van der Waals surface area contributed by atoms with Crippen LogP contribution in [0.1, 0.15) is 78.7 Å². The summed E-state index contributed by atoms with van der Waals surface area (Å²) < 4.78 is 13.2. The first-order chi connectivity index (χ1) is 26.8. The number of nitrogens with two attached hydrogens (primary N) is 1. The first-order valence-corrected chi connectivity index (χ1v) is 19.2. The smallest absolute Gasteiger partial charge is 0.224 e. The molecule has 0 aromatic heterocycles. The van der Waals surface area contributed by atoms with E-state index in [0.717, 1.165) is 65.7 Å². The number of nitrogens with one attached hydrogen (secondary N) is 2. The van der Waals surface area contributed by atoms with Gasteiger partial charge in [-0.25, -0.2) is 0 Å². The molecule has 1 aliphatic rings. The fraction of sp³-hybridized carbons (Fsp3) is 0.304. The van der Waals surface area contributed by atoms with Crippen LogP contribution in [-0.4, -0.2) is 41.5 Å². The second-order valence-corrected chi connectivity index (χ2v) is 14.3. The Morgan fingerprint density at radius 2 is 1.42 bits per heavy atom. The number of benzene rings is 5. The summed E-state index contributed by atoms with van der Waals surface area (Å²) in [6, 6.07) is 42.1. The van der Waals surface area contributed by atoms with Crippen molar-refractivity contribution in [2.75, 3.05) is 24.6 Å². The van der Waals surface area contributed by atoms with E-state index < -0.39 is 6.29 Å². The van der Waals surface area contributed by atoms with E-state index in [1.54, 1.807) is 12.1 Å². The zero-order chi connectivity index (χ0) is 38.4. The molecule has 1 fully saturated rings. The molecular weight excluding hydrogens is 689 g/mol. The lowest BCUT2D eigenvalue weighted by Gasteiger charge is -2.38. The summed E-state index contributed by atoms with van der Waals surface area (Å²) in [6.07, 6.45) is 3.00. The summed E-state index contributed by atoms with van der Waals surface area (Å²) in [7, 11) is 2.12. The molecule has 0 unspecified atom stereocenters. The topological polar surface area (TPSA) is 126 Å². The second kappa shape index (κ2) is 19.8. The average Bonchev–Trinajstić information content (AvgIpc) is 3.21. The summed E-state index contributed by atoms with van der Waals surface area (Å²) in [6.45, 7) is 2.03. The maximum atomic E-state index is 12.6. The van der Waals surface area contributed by atoms with E-state index in [1.807, 2.05) is 54.6 Å². The second-order valence-electron chi connectivity index (χ2n) is 14.3. The summed E-state index contributed by atoms with van der Waals surface area (Å²) in [5.41, 5.74) is 14.3. The van der Waals surface area contributed by atoms with E-state index in [4.69, 9.17) is 15.2 Å². The maximum absolute atomic E-state index is 12.6. The Kier molecular flexibility index (Phi) is 14.2. The number of amides is 2. The van der Waals surface area contributed by atoms with E-state index in [-0.39, 0.29) is 30.6 Å². The highest BCUT2D eigenvalue weighted by molar-refractivity contribution is 5.93. The molecule has 5 aromatic rings. The number of para-hydroxylation sites is 2. The van der Waals surface area contributed by atoms with Crippen molar-refractivity contribution >= 4 is 23.2 Å². The molecule has 286 valence electrons. The third kappa shape index (κ3) is 11.8. The molecule has 3 atom stereocenters. The molecule has 0 aliphatic carbocycles. The number of aliphatic hydroxyl groups is 1. The molecule has 1 aliphatic heterocycles. The van der Waals surface area contributed by atoms with Crippen LogP contribution in [0.4, 0.5) is 11.4 Å². The summed E-state index contributed by atoms with van der Waals surface area (Å²) in [5, 5.41) is 15.5. The van der Waals surface area contributed by atoms with Crippen molar-refractivity contribution in [1.29, 1.82) is 0 Å². The van der Waals surface area contributed by atoms with Crippen molar-refractivity contribution in [2.24, 2.45) is 0 Å². The zero-order valence-electron chi connectivity index (χ0n) is 31.5. The van der Waals surface area contributed by atoms with E-state index in [1.165, 1.54) is 5.56 Å². The van der Waals surface area contributed by atoms with Gasteiger partial charge in [0.1, 0.15) is 0 Å². The van der Waals surface area contributed by atoms with Gasteiger partial charge < -0.3 is 30.9 Å². The minimum absolute atomic E-state index is 0.00374. The molecule has 0 spiro atoms. The van der Waals surface area contributed by atoms with Crippen LogP contribution in [-0.2, 0) is 38.8 Å². The van der Waals surface area contributed by atoms with E-state index in [9.17, 15) is 14.7 Å². The zero-order valence-corrected chi connectivity index (χ0v) is 31.5. The average molecular weight is 741 g/mol. The summed E-state index contributed by atoms with van der Waals surface area (Å²) >= 11 is 0. The number of rotatable bonds is 17. The van der Waals surface area contributed by atoms with E-state index >= 15 is 0 Å². The highest BCUT2D eigenvalue weighted by Gasteiger charge is 2.33. The van der Waals surface area contributed by atoms with Crippen molar-refractivity contribution in [3.8, 4) is 11.1 Å². The maximum Gasteiger partial charge on any atom is 0.224 e. The molecule has 2 amide bonds. The largest absolute Gasteiger partial charge is 0.397 e. The van der Waals surface area contributed by atoms with E-state index in [0.29, 0.717) is 37.2 Å². The number of likely N-dealkylation sites (N-methyl/N-ethyl adjacent to an activating group) is 1. The van der Waals surface area contributed by atoms with Gasteiger partial charge in [-0.05, 0) is 71.5 Å². The Hall–Kier alpha value is -5.32. The molecule has 0 radical (unpaired) electrons. The number of ether oxygens (including phenoxy) is 2. The number of aliphatic hydroxyl groups excluding tert-OH is 1. The number of anilines is 2. The van der Waals surface area contributed by atoms with Crippen LogP contribution in [0, 0.1) is 0 Å². The highest BCUT2D eigenvalue weighted by Crippen LogP contribution is 2.38. The molecule has 0 bridgehead atoms. The van der Waals surface area contributed by atoms with Gasteiger partial charge in [-0.15, -0.1) is 0 Å². The minimum Gasteiger partial charge on any atom is -0.397 e. The van der Waals surface area contributed by atoms with Gasteiger partial charge in [-0.2, -0.15) is 0 Å². The normalized spacial score (nSPS) is 16.8. The van der Waals surface area contributed by atoms with Gasteiger partial charge in [0.15, 0.2) is 6.29 Å². The number of hydrogen-bond acceptors (Lipinski definition) is 7. The monoisotopic (exact) mass is 740 g/mol. The first kappa shape index (κ1) is 39.4. The van der Waals surface area contributed by atoms with E-state index in [2.05, 4.69) is 83.2 Å². The molecule has 9 heteroatoms. The number of nitrogens with zero attached hydrogens (tertiary/aromatic N) is 1. The summed E-state index contributed by atoms with van der Waals surface area (Å²) in [5.74, 6) is -0.0782. The Morgan fingerprint density at radius 1 is 0.727 bits per heavy atom. The van der Waals surface area contributed by atoms with Crippen molar-refractivity contribution in [3.05, 3.63) is 155 Å². The Morgan fingerprint density at radius 3 is 2.16 bits per heavy atom. The van der Waals surface area contributed by atoms with Gasteiger partial charge >= 0.3 is 0 Å². The Balaban J connectivity index is 1.00. The van der Waals surface area contributed by atoms with Crippen LogP contribution >= 0.6 is 0 Å². The van der Waals surface area contributed by atoms with Crippen LogP contribution < -0.4 is 16.4 Å². The SMILES string of the molecule is CN(Cc1ccccc1)C[C@@H]1C[C@H](c2ccc(CO)cc2)O[C@H](c2ccc(-c3cccc(CNC(=O)CCCCCC(=O)Nc4ccccc4N)c3)cc2)O1. The third-order valence-electron chi connectivity index (χ3n) is 9.90. The number of carbonyl (C=O) groups is 2. The predicted octanol–water partition coefficient (Wildman–Crippen LogP) is 8.31. The fourth-order valence-corrected chi connectivity index (χ4v) is 6.89. The molecule has 9 nitrogen and oxygen atoms in total. The van der Waals surface area contributed by atoms with Crippen LogP contribution in [0.5, 0.6) is 0 Å². The van der Waals surface area contributed by atoms with Crippen molar-refractivity contribution in [3.63, 3.8) is 0 Å². The molecule has 5 aromatic carbocycles. The van der Waals surface area contributed by atoms with Gasteiger partial charge in [-0.1, -0.05) is 116 Å². The van der Waals surface area contributed by atoms with Crippen molar-refractivity contribution in [2.45, 2.75) is 76.7 Å².